The molecule has 0 aromatic heterocycles. The molecule has 1 rings (SSSR count). The van der Waals surface area contributed by atoms with Crippen LogP contribution in [0.15, 0.2) is 23.1 Å². The van der Waals surface area contributed by atoms with Crippen molar-refractivity contribution in [1.29, 1.82) is 0 Å². The Bertz CT molecular complexity index is 323. The summed E-state index contributed by atoms with van der Waals surface area (Å²) in [7, 11) is 0. The second-order valence-corrected chi connectivity index (χ2v) is 5.50. The quantitative estimate of drug-likeness (QED) is 0.756. The van der Waals surface area contributed by atoms with Gasteiger partial charge in [0.25, 0.3) is 0 Å². The minimum Gasteiger partial charge on any atom is -0.313 e. The van der Waals surface area contributed by atoms with Gasteiger partial charge in [-0.15, -0.1) is 11.8 Å². The van der Waals surface area contributed by atoms with Gasteiger partial charge in [0.15, 0.2) is 0 Å². The summed E-state index contributed by atoms with van der Waals surface area (Å²) in [6, 6.07) is 7.28. The molecule has 0 saturated heterocycles. The number of benzene rings is 1. The Balaban J connectivity index is 2.42. The van der Waals surface area contributed by atoms with Gasteiger partial charge in [0.2, 0.25) is 0 Å². The van der Waals surface area contributed by atoms with E-state index in [0.29, 0.717) is 6.04 Å². The van der Waals surface area contributed by atoms with Crippen LogP contribution < -0.4 is 5.32 Å². The number of nitrogens with one attached hydrogen (secondary N) is 1. The predicted octanol–water partition coefficient (Wildman–Crippen LogP) is 3.78. The molecule has 0 radical (unpaired) electrons. The van der Waals surface area contributed by atoms with E-state index >= 15 is 0 Å². The third-order valence-corrected chi connectivity index (χ3v) is 4.00. The Morgan fingerprint density at radius 1 is 1.31 bits per heavy atom. The Hall–Kier alpha value is -0.470. The fourth-order valence-corrected chi connectivity index (χ4v) is 2.62. The van der Waals surface area contributed by atoms with Crippen LogP contribution in [0.25, 0.3) is 0 Å². The molecule has 1 aromatic carbocycles. The summed E-state index contributed by atoms with van der Waals surface area (Å²) in [6.07, 6.45) is 1.21. The maximum Gasteiger partial charge on any atom is 0.0133 e. The molecule has 0 aliphatic carbocycles. The summed E-state index contributed by atoms with van der Waals surface area (Å²) in [6.45, 7) is 9.92. The van der Waals surface area contributed by atoms with E-state index in [4.69, 9.17) is 0 Å². The smallest absolute Gasteiger partial charge is 0.0133 e. The standard InChI is InChI=1S/C14H23NS/c1-5-8-15-13(4)10-16-14-7-6-11(2)9-12(14)3/h6-7,9,13,15H,5,8,10H2,1-4H3. The maximum atomic E-state index is 3.51. The highest BCUT2D eigenvalue weighted by atomic mass is 32.2. The molecule has 0 amide bonds. The van der Waals surface area contributed by atoms with Crippen LogP contribution in [0.4, 0.5) is 0 Å². The highest BCUT2D eigenvalue weighted by Gasteiger charge is 2.03. The molecule has 0 aliphatic rings. The molecule has 90 valence electrons. The number of rotatable bonds is 6. The predicted molar refractivity (Wildman–Crippen MR) is 74.4 cm³/mol. The van der Waals surface area contributed by atoms with Gasteiger partial charge in [-0.2, -0.15) is 0 Å². The molecular formula is C14H23NS. The first kappa shape index (κ1) is 13.6. The summed E-state index contributed by atoms with van der Waals surface area (Å²) >= 11 is 1.95. The number of thioether (sulfide) groups is 1. The van der Waals surface area contributed by atoms with Gasteiger partial charge in [0, 0.05) is 16.7 Å². The Morgan fingerprint density at radius 2 is 2.06 bits per heavy atom. The van der Waals surface area contributed by atoms with Gasteiger partial charge in [-0.25, -0.2) is 0 Å². The molecule has 1 unspecified atom stereocenters. The van der Waals surface area contributed by atoms with Crippen molar-refractivity contribution in [2.45, 2.75) is 45.1 Å². The van der Waals surface area contributed by atoms with Crippen molar-refractivity contribution in [2.75, 3.05) is 12.3 Å². The van der Waals surface area contributed by atoms with Crippen LogP contribution in [0.1, 0.15) is 31.4 Å². The molecule has 16 heavy (non-hydrogen) atoms. The van der Waals surface area contributed by atoms with Gasteiger partial charge < -0.3 is 5.32 Å². The summed E-state index contributed by atoms with van der Waals surface area (Å²) in [5.41, 5.74) is 2.74. The molecular weight excluding hydrogens is 214 g/mol. The lowest BCUT2D eigenvalue weighted by molar-refractivity contribution is 0.590. The highest BCUT2D eigenvalue weighted by Crippen LogP contribution is 2.23. The lowest BCUT2D eigenvalue weighted by Gasteiger charge is -2.13. The third-order valence-electron chi connectivity index (χ3n) is 2.56. The van der Waals surface area contributed by atoms with Gasteiger partial charge in [-0.3, -0.25) is 0 Å². The van der Waals surface area contributed by atoms with E-state index in [2.05, 4.69) is 51.2 Å². The van der Waals surface area contributed by atoms with E-state index in [1.165, 1.54) is 22.4 Å². The largest absolute Gasteiger partial charge is 0.313 e. The van der Waals surface area contributed by atoms with Crippen molar-refractivity contribution in [3.8, 4) is 0 Å². The highest BCUT2D eigenvalue weighted by molar-refractivity contribution is 7.99. The van der Waals surface area contributed by atoms with Crippen LogP contribution in [0.2, 0.25) is 0 Å². The Kier molecular flexibility index (Phi) is 5.93. The summed E-state index contributed by atoms with van der Waals surface area (Å²) in [4.78, 5) is 1.41. The van der Waals surface area contributed by atoms with E-state index in [0.717, 1.165) is 12.3 Å². The molecule has 1 aromatic rings. The summed E-state index contributed by atoms with van der Waals surface area (Å²) in [5, 5.41) is 3.51. The zero-order valence-electron chi connectivity index (χ0n) is 10.8. The van der Waals surface area contributed by atoms with Crippen molar-refractivity contribution in [3.63, 3.8) is 0 Å². The summed E-state index contributed by atoms with van der Waals surface area (Å²) in [5.74, 6) is 1.14. The monoisotopic (exact) mass is 237 g/mol. The molecule has 0 heterocycles. The maximum absolute atomic E-state index is 3.51. The Labute approximate surface area is 104 Å². The van der Waals surface area contributed by atoms with Crippen molar-refractivity contribution < 1.29 is 0 Å². The van der Waals surface area contributed by atoms with Crippen LogP contribution in [0.3, 0.4) is 0 Å². The van der Waals surface area contributed by atoms with E-state index in [9.17, 15) is 0 Å². The molecule has 0 spiro atoms. The minimum atomic E-state index is 0.589. The fourth-order valence-electron chi connectivity index (χ4n) is 1.63. The van der Waals surface area contributed by atoms with Gasteiger partial charge in [-0.05, 0) is 45.4 Å². The fraction of sp³-hybridized carbons (Fsp3) is 0.571. The molecule has 2 heteroatoms. The second kappa shape index (κ2) is 6.97. The molecule has 1 atom stereocenters. The van der Waals surface area contributed by atoms with Crippen LogP contribution in [-0.2, 0) is 0 Å². The molecule has 0 bridgehead atoms. The zero-order chi connectivity index (χ0) is 12.0. The van der Waals surface area contributed by atoms with E-state index < -0.39 is 0 Å². The molecule has 1 nitrogen and oxygen atoms in total. The van der Waals surface area contributed by atoms with Gasteiger partial charge in [-0.1, -0.05) is 24.6 Å². The van der Waals surface area contributed by atoms with E-state index in [1.807, 2.05) is 11.8 Å². The molecule has 1 N–H and O–H groups in total. The minimum absolute atomic E-state index is 0.589. The van der Waals surface area contributed by atoms with Gasteiger partial charge >= 0.3 is 0 Å². The molecule has 0 saturated carbocycles. The average Bonchev–Trinajstić information content (AvgIpc) is 2.25. The third kappa shape index (κ3) is 4.58. The summed E-state index contributed by atoms with van der Waals surface area (Å²) < 4.78 is 0. The van der Waals surface area contributed by atoms with Crippen molar-refractivity contribution in [2.24, 2.45) is 0 Å². The van der Waals surface area contributed by atoms with Crippen molar-refractivity contribution in [3.05, 3.63) is 29.3 Å². The second-order valence-electron chi connectivity index (χ2n) is 4.44. The topological polar surface area (TPSA) is 12.0 Å². The van der Waals surface area contributed by atoms with E-state index in [-0.39, 0.29) is 0 Å². The molecule has 0 aliphatic heterocycles. The Morgan fingerprint density at radius 3 is 2.69 bits per heavy atom. The SMILES string of the molecule is CCCNC(C)CSc1ccc(C)cc1C. The van der Waals surface area contributed by atoms with Crippen molar-refractivity contribution in [1.82, 2.24) is 5.32 Å². The number of aryl methyl sites for hydroxylation is 2. The van der Waals surface area contributed by atoms with Crippen LogP contribution in [0, 0.1) is 13.8 Å². The zero-order valence-corrected chi connectivity index (χ0v) is 11.7. The number of hydrogen-bond donors (Lipinski definition) is 1. The van der Waals surface area contributed by atoms with Crippen LogP contribution >= 0.6 is 11.8 Å². The first-order chi connectivity index (χ1) is 7.63. The molecule has 0 fully saturated rings. The first-order valence-corrected chi connectivity index (χ1v) is 7.05. The van der Waals surface area contributed by atoms with Crippen molar-refractivity contribution >= 4 is 11.8 Å². The average molecular weight is 237 g/mol. The van der Waals surface area contributed by atoms with Crippen LogP contribution in [0.5, 0.6) is 0 Å². The van der Waals surface area contributed by atoms with Gasteiger partial charge in [0.05, 0.1) is 0 Å². The number of hydrogen-bond acceptors (Lipinski definition) is 2. The van der Waals surface area contributed by atoms with E-state index in [1.54, 1.807) is 0 Å². The lowest BCUT2D eigenvalue weighted by Crippen LogP contribution is -2.28. The first-order valence-electron chi connectivity index (χ1n) is 6.07. The van der Waals surface area contributed by atoms with Gasteiger partial charge in [0.1, 0.15) is 0 Å². The van der Waals surface area contributed by atoms with Crippen LogP contribution in [-0.4, -0.2) is 18.3 Å². The normalized spacial score (nSPS) is 12.8. The lowest BCUT2D eigenvalue weighted by atomic mass is 10.2.